The van der Waals surface area contributed by atoms with Crippen LogP contribution >= 0.6 is 7.60 Å². The van der Waals surface area contributed by atoms with Crippen LogP contribution in [-0.2, 0) is 23.2 Å². The Morgan fingerprint density at radius 2 is 2.12 bits per heavy atom. The van der Waals surface area contributed by atoms with E-state index < -0.39 is 19.5 Å². The van der Waals surface area contributed by atoms with Crippen LogP contribution in [0.25, 0.3) is 0 Å². The molecule has 0 aromatic carbocycles. The molecule has 0 fully saturated rings. The number of hydrogen-bond donors (Lipinski definition) is 1. The Kier molecular flexibility index (Phi) is 5.87. The van der Waals surface area contributed by atoms with E-state index in [1.807, 2.05) is 0 Å². The van der Waals surface area contributed by atoms with E-state index in [1.54, 1.807) is 13.8 Å². The first-order valence-corrected chi connectivity index (χ1v) is 8.93. The van der Waals surface area contributed by atoms with Gasteiger partial charge < -0.3 is 19.2 Å². The van der Waals surface area contributed by atoms with Crippen molar-refractivity contribution in [1.82, 2.24) is 9.55 Å². The van der Waals surface area contributed by atoms with Crippen molar-refractivity contribution in [2.75, 3.05) is 18.5 Å². The molecule has 1 aromatic heterocycles. The number of amides is 1. The summed E-state index contributed by atoms with van der Waals surface area (Å²) in [5.74, 6) is -0.200. The normalized spacial score (nSPS) is 17.3. The fourth-order valence-corrected chi connectivity index (χ4v) is 3.65. The van der Waals surface area contributed by atoms with Gasteiger partial charge in [-0.05, 0) is 19.9 Å². The van der Waals surface area contributed by atoms with Gasteiger partial charge in [-0.25, -0.2) is 4.79 Å². The van der Waals surface area contributed by atoms with E-state index in [9.17, 15) is 14.2 Å². The van der Waals surface area contributed by atoms with Crippen LogP contribution in [0, 0.1) is 0 Å². The van der Waals surface area contributed by atoms with E-state index >= 15 is 0 Å². The molecule has 2 heterocycles. The van der Waals surface area contributed by atoms with Crippen LogP contribution in [-0.4, -0.2) is 34.1 Å². The van der Waals surface area contributed by atoms with Crippen LogP contribution in [0.1, 0.15) is 33.4 Å². The van der Waals surface area contributed by atoms with Crippen molar-refractivity contribution >= 4 is 24.8 Å². The summed E-state index contributed by atoms with van der Waals surface area (Å²) in [6.45, 7) is 5.07. The fourth-order valence-electron chi connectivity index (χ4n) is 2.07. The summed E-state index contributed by atoms with van der Waals surface area (Å²) in [5.41, 5.74) is -0.514. The van der Waals surface area contributed by atoms with Crippen LogP contribution < -0.4 is 11.0 Å². The second kappa shape index (κ2) is 7.69. The number of oxime groups is 1. The van der Waals surface area contributed by atoms with E-state index in [0.29, 0.717) is 0 Å². The number of hydrogen-bond acceptors (Lipinski definition) is 8. The highest BCUT2D eigenvalue weighted by Gasteiger charge is 2.39. The molecule has 1 N–H and O–H groups in total. The molecule has 1 amide bonds. The second-order valence-electron chi connectivity index (χ2n) is 4.79. The summed E-state index contributed by atoms with van der Waals surface area (Å²) in [4.78, 5) is 31.9. The number of rotatable bonds is 7. The van der Waals surface area contributed by atoms with E-state index in [0.717, 1.165) is 0 Å². The zero-order valence-corrected chi connectivity index (χ0v) is 14.5. The molecule has 0 radical (unpaired) electrons. The van der Waals surface area contributed by atoms with Crippen molar-refractivity contribution < 1.29 is 23.2 Å². The van der Waals surface area contributed by atoms with Gasteiger partial charge in [0.1, 0.15) is 5.82 Å². The molecule has 0 saturated carbocycles. The monoisotopic (exact) mass is 358 g/mol. The van der Waals surface area contributed by atoms with E-state index in [1.165, 1.54) is 23.8 Å². The van der Waals surface area contributed by atoms with Crippen LogP contribution in [0.5, 0.6) is 0 Å². The number of aromatic nitrogens is 2. The summed E-state index contributed by atoms with van der Waals surface area (Å²) in [7, 11) is -3.54. The number of carbonyl (C=O) groups is 1. The fraction of sp³-hybridized carbons (Fsp3) is 0.538. The van der Waals surface area contributed by atoms with Gasteiger partial charge in [-0.2, -0.15) is 4.98 Å². The Morgan fingerprint density at radius 1 is 1.46 bits per heavy atom. The highest BCUT2D eigenvalue weighted by Crippen LogP contribution is 2.53. The molecule has 0 bridgehead atoms. The predicted molar refractivity (Wildman–Crippen MR) is 85.8 cm³/mol. The maximum absolute atomic E-state index is 12.6. The minimum absolute atomic E-state index is 0.0678. The maximum Gasteiger partial charge on any atom is 0.379 e. The number of nitrogens with one attached hydrogen (secondary N) is 1. The molecule has 2 rings (SSSR count). The molecule has 1 aromatic rings. The Bertz CT molecular complexity index is 736. The van der Waals surface area contributed by atoms with Gasteiger partial charge in [0.15, 0.2) is 5.45 Å². The third kappa shape index (κ3) is 4.08. The first-order chi connectivity index (χ1) is 11.4. The molecule has 0 spiro atoms. The van der Waals surface area contributed by atoms with Crippen molar-refractivity contribution in [2.24, 2.45) is 5.16 Å². The zero-order valence-electron chi connectivity index (χ0n) is 13.6. The standard InChI is InChI=1S/C13H19N4O6P/c1-4-21-24(20,22-5-2)11-8-12(23-16-11)17-7-6-10(14-9(3)18)15-13(17)19/h6-7,12H,4-5,8H2,1-3H3,(H,14,15,18,19). The van der Waals surface area contributed by atoms with Gasteiger partial charge in [-0.3, -0.25) is 13.9 Å². The largest absolute Gasteiger partial charge is 0.379 e. The van der Waals surface area contributed by atoms with Crippen molar-refractivity contribution in [3.8, 4) is 0 Å². The molecule has 1 aliphatic rings. The molecular formula is C13H19N4O6P. The number of nitrogens with zero attached hydrogens (tertiary/aromatic N) is 3. The molecule has 1 atom stereocenters. The summed E-state index contributed by atoms with van der Waals surface area (Å²) in [5, 5.41) is 6.17. The Labute approximate surface area is 138 Å². The Morgan fingerprint density at radius 3 is 2.67 bits per heavy atom. The predicted octanol–water partition coefficient (Wildman–Crippen LogP) is 1.70. The van der Waals surface area contributed by atoms with Crippen LogP contribution in [0.4, 0.5) is 5.82 Å². The van der Waals surface area contributed by atoms with Gasteiger partial charge >= 0.3 is 13.3 Å². The molecule has 11 heteroatoms. The highest BCUT2D eigenvalue weighted by molar-refractivity contribution is 7.72. The summed E-state index contributed by atoms with van der Waals surface area (Å²) < 4.78 is 24.2. The molecule has 24 heavy (non-hydrogen) atoms. The van der Waals surface area contributed by atoms with Crippen molar-refractivity contribution in [1.29, 1.82) is 0 Å². The van der Waals surface area contributed by atoms with E-state index in [4.69, 9.17) is 13.9 Å². The lowest BCUT2D eigenvalue weighted by molar-refractivity contribution is -0.114. The summed E-state index contributed by atoms with van der Waals surface area (Å²) in [6, 6.07) is 1.45. The molecule has 10 nitrogen and oxygen atoms in total. The average Bonchev–Trinajstić information content (AvgIpc) is 2.97. The molecule has 1 unspecified atom stereocenters. The zero-order chi connectivity index (χ0) is 17.7. The Balaban J connectivity index is 2.16. The third-order valence-corrected chi connectivity index (χ3v) is 5.09. The summed E-state index contributed by atoms with van der Waals surface area (Å²) >= 11 is 0. The van der Waals surface area contributed by atoms with Gasteiger partial charge in [-0.1, -0.05) is 5.16 Å². The minimum atomic E-state index is -3.54. The first-order valence-electron chi connectivity index (χ1n) is 7.38. The smallest absolute Gasteiger partial charge is 0.369 e. The summed E-state index contributed by atoms with van der Waals surface area (Å²) in [6.07, 6.45) is 0.676. The van der Waals surface area contributed by atoms with Crippen LogP contribution in [0.2, 0.25) is 0 Å². The van der Waals surface area contributed by atoms with Gasteiger partial charge in [0.2, 0.25) is 12.1 Å². The van der Waals surface area contributed by atoms with Gasteiger partial charge in [0, 0.05) is 13.1 Å². The SMILES string of the molecule is CCOP(=O)(OCC)C1=NOC(n2ccc(NC(C)=O)nc2=O)C1. The van der Waals surface area contributed by atoms with Crippen LogP contribution in [0.3, 0.4) is 0 Å². The molecular weight excluding hydrogens is 339 g/mol. The molecule has 1 aliphatic heterocycles. The van der Waals surface area contributed by atoms with Gasteiger partial charge in [0.25, 0.3) is 0 Å². The quantitative estimate of drug-likeness (QED) is 0.736. The minimum Gasteiger partial charge on any atom is -0.369 e. The van der Waals surface area contributed by atoms with Crippen molar-refractivity contribution in [3.63, 3.8) is 0 Å². The highest BCUT2D eigenvalue weighted by atomic mass is 31.2. The topological polar surface area (TPSA) is 121 Å². The molecule has 132 valence electrons. The van der Waals surface area contributed by atoms with Crippen LogP contribution in [0.15, 0.2) is 22.2 Å². The lowest BCUT2D eigenvalue weighted by Crippen LogP contribution is -2.28. The van der Waals surface area contributed by atoms with Gasteiger partial charge in [0.05, 0.1) is 19.6 Å². The average molecular weight is 358 g/mol. The lowest BCUT2D eigenvalue weighted by Gasteiger charge is -2.16. The first kappa shape index (κ1) is 18.3. The van der Waals surface area contributed by atoms with E-state index in [2.05, 4.69) is 15.5 Å². The lowest BCUT2D eigenvalue weighted by atomic mass is 10.4. The number of anilines is 1. The van der Waals surface area contributed by atoms with E-state index in [-0.39, 0.29) is 36.8 Å². The maximum atomic E-state index is 12.6. The molecule has 0 saturated heterocycles. The Hall–Kier alpha value is -2.03. The second-order valence-corrected chi connectivity index (χ2v) is 6.82. The third-order valence-electron chi connectivity index (χ3n) is 3.00. The van der Waals surface area contributed by atoms with Crippen molar-refractivity contribution in [3.05, 3.63) is 22.7 Å². The molecule has 0 aliphatic carbocycles. The van der Waals surface area contributed by atoms with Gasteiger partial charge in [-0.15, -0.1) is 0 Å². The number of carbonyl (C=O) groups excluding carboxylic acids is 1. The van der Waals surface area contributed by atoms with Crippen molar-refractivity contribution in [2.45, 2.75) is 33.4 Å².